The Morgan fingerprint density at radius 3 is 2.42 bits per heavy atom. The maximum atomic E-state index is 13.1. The largest absolute Gasteiger partial charge is 0.341 e. The molecule has 6 heteroatoms. The lowest BCUT2D eigenvalue weighted by atomic mass is 9.77. The van der Waals surface area contributed by atoms with Crippen molar-refractivity contribution in [3.63, 3.8) is 0 Å². The summed E-state index contributed by atoms with van der Waals surface area (Å²) < 4.78 is 0. The predicted octanol–water partition coefficient (Wildman–Crippen LogP) is 3.16. The molecular formula is C25H30ClN3O2. The van der Waals surface area contributed by atoms with Gasteiger partial charge in [-0.1, -0.05) is 54.6 Å². The number of hydrogen-bond donors (Lipinski definition) is 1. The van der Waals surface area contributed by atoms with E-state index in [4.69, 9.17) is 0 Å². The summed E-state index contributed by atoms with van der Waals surface area (Å²) in [5, 5.41) is 3.42. The Balaban J connectivity index is 0.00000231. The van der Waals surface area contributed by atoms with Crippen molar-refractivity contribution in [2.24, 2.45) is 5.41 Å². The van der Waals surface area contributed by atoms with Crippen LogP contribution in [0.2, 0.25) is 0 Å². The minimum absolute atomic E-state index is 0. The van der Waals surface area contributed by atoms with Crippen LogP contribution in [0.1, 0.15) is 36.0 Å². The Morgan fingerprint density at radius 2 is 1.68 bits per heavy atom. The third-order valence-electron chi connectivity index (χ3n) is 7.14. The van der Waals surface area contributed by atoms with Crippen molar-refractivity contribution in [1.29, 1.82) is 0 Å². The van der Waals surface area contributed by atoms with E-state index in [9.17, 15) is 9.59 Å². The molecule has 1 N–H and O–H groups in total. The molecule has 3 aliphatic rings. The highest BCUT2D eigenvalue weighted by atomic mass is 35.5. The first-order chi connectivity index (χ1) is 14.6. The average molecular weight is 440 g/mol. The predicted molar refractivity (Wildman–Crippen MR) is 123 cm³/mol. The molecule has 0 aliphatic carbocycles. The molecule has 3 aliphatic heterocycles. The number of halogens is 1. The molecule has 0 bridgehead atoms. The maximum absolute atomic E-state index is 13.1. The van der Waals surface area contributed by atoms with Gasteiger partial charge in [-0.2, -0.15) is 0 Å². The van der Waals surface area contributed by atoms with Crippen molar-refractivity contribution >= 4 is 24.2 Å². The molecule has 5 rings (SSSR count). The molecule has 2 aromatic carbocycles. The van der Waals surface area contributed by atoms with E-state index in [2.05, 4.69) is 41.7 Å². The van der Waals surface area contributed by atoms with Gasteiger partial charge in [0.15, 0.2) is 0 Å². The number of benzene rings is 2. The highest BCUT2D eigenvalue weighted by molar-refractivity contribution is 5.85. The lowest BCUT2D eigenvalue weighted by Crippen LogP contribution is -2.53. The molecule has 1 atom stereocenters. The Morgan fingerprint density at radius 1 is 1.00 bits per heavy atom. The fourth-order valence-electron chi connectivity index (χ4n) is 5.32. The molecule has 3 heterocycles. The van der Waals surface area contributed by atoms with Gasteiger partial charge in [0, 0.05) is 44.6 Å². The first-order valence-corrected chi connectivity index (χ1v) is 11.0. The third-order valence-corrected chi connectivity index (χ3v) is 7.14. The van der Waals surface area contributed by atoms with E-state index in [1.807, 2.05) is 28.0 Å². The van der Waals surface area contributed by atoms with Crippen molar-refractivity contribution in [1.82, 2.24) is 15.1 Å². The van der Waals surface area contributed by atoms with E-state index in [1.165, 1.54) is 16.7 Å². The van der Waals surface area contributed by atoms with Crippen LogP contribution in [0.3, 0.4) is 0 Å². The number of carbonyl (C=O) groups is 2. The van der Waals surface area contributed by atoms with Gasteiger partial charge in [0.1, 0.15) is 0 Å². The number of amides is 2. The zero-order valence-electron chi connectivity index (χ0n) is 17.8. The minimum Gasteiger partial charge on any atom is -0.341 e. The molecule has 2 saturated heterocycles. The Labute approximate surface area is 190 Å². The molecule has 0 aromatic heterocycles. The highest BCUT2D eigenvalue weighted by Crippen LogP contribution is 2.41. The number of nitrogens with one attached hydrogen (secondary N) is 1. The summed E-state index contributed by atoms with van der Waals surface area (Å²) in [7, 11) is 0. The maximum Gasteiger partial charge on any atom is 0.240 e. The molecule has 2 fully saturated rings. The lowest BCUT2D eigenvalue weighted by molar-refractivity contribution is -0.135. The van der Waals surface area contributed by atoms with Crippen LogP contribution in [-0.4, -0.2) is 47.3 Å². The third kappa shape index (κ3) is 4.48. The van der Waals surface area contributed by atoms with Crippen molar-refractivity contribution in [3.05, 3.63) is 71.3 Å². The molecule has 164 valence electrons. The summed E-state index contributed by atoms with van der Waals surface area (Å²) in [6.07, 6.45) is 3.22. The fraction of sp³-hybridized carbons (Fsp3) is 0.440. The zero-order chi connectivity index (χ0) is 20.6. The van der Waals surface area contributed by atoms with Gasteiger partial charge in [-0.05, 0) is 36.0 Å². The number of fused-ring (bicyclic) bond motifs is 1. The van der Waals surface area contributed by atoms with Crippen LogP contribution >= 0.6 is 12.4 Å². The van der Waals surface area contributed by atoms with Gasteiger partial charge < -0.3 is 15.1 Å². The second-order valence-electron chi connectivity index (χ2n) is 9.14. The van der Waals surface area contributed by atoms with Gasteiger partial charge in [0.25, 0.3) is 0 Å². The summed E-state index contributed by atoms with van der Waals surface area (Å²) in [5.41, 5.74) is 3.79. The van der Waals surface area contributed by atoms with Crippen molar-refractivity contribution in [2.45, 2.75) is 44.8 Å². The summed E-state index contributed by atoms with van der Waals surface area (Å²) in [6.45, 7) is 3.77. The van der Waals surface area contributed by atoms with E-state index in [-0.39, 0.29) is 35.7 Å². The fourth-order valence-corrected chi connectivity index (χ4v) is 5.32. The Kier molecular flexibility index (Phi) is 6.35. The molecule has 0 radical (unpaired) electrons. The molecule has 2 amide bonds. The van der Waals surface area contributed by atoms with E-state index >= 15 is 0 Å². The van der Waals surface area contributed by atoms with E-state index in [1.54, 1.807) is 0 Å². The molecule has 0 unspecified atom stereocenters. The number of piperidine rings is 1. The van der Waals surface area contributed by atoms with Gasteiger partial charge in [0.05, 0.1) is 6.04 Å². The van der Waals surface area contributed by atoms with Crippen molar-refractivity contribution in [2.75, 3.05) is 19.6 Å². The first kappa shape index (κ1) is 21.8. The van der Waals surface area contributed by atoms with E-state index in [0.717, 1.165) is 45.4 Å². The van der Waals surface area contributed by atoms with E-state index < -0.39 is 0 Å². The van der Waals surface area contributed by atoms with Crippen molar-refractivity contribution in [3.8, 4) is 0 Å². The van der Waals surface area contributed by atoms with Gasteiger partial charge in [-0.25, -0.2) is 0 Å². The molecule has 1 spiro atoms. The van der Waals surface area contributed by atoms with Crippen LogP contribution in [0, 0.1) is 5.41 Å². The molecule has 0 saturated carbocycles. The van der Waals surface area contributed by atoms with Crippen LogP contribution in [0.25, 0.3) is 0 Å². The summed E-state index contributed by atoms with van der Waals surface area (Å²) in [6, 6.07) is 18.4. The zero-order valence-corrected chi connectivity index (χ0v) is 18.6. The summed E-state index contributed by atoms with van der Waals surface area (Å²) >= 11 is 0. The summed E-state index contributed by atoms with van der Waals surface area (Å²) in [5.74, 6) is 0.467. The normalized spacial score (nSPS) is 22.2. The topological polar surface area (TPSA) is 52.7 Å². The minimum atomic E-state index is -0.131. The second-order valence-corrected chi connectivity index (χ2v) is 9.14. The van der Waals surface area contributed by atoms with Crippen LogP contribution < -0.4 is 5.32 Å². The van der Waals surface area contributed by atoms with Crippen molar-refractivity contribution < 1.29 is 9.59 Å². The monoisotopic (exact) mass is 439 g/mol. The summed E-state index contributed by atoms with van der Waals surface area (Å²) in [4.78, 5) is 29.8. The molecular weight excluding hydrogens is 410 g/mol. The second kappa shape index (κ2) is 9.01. The van der Waals surface area contributed by atoms with Crippen LogP contribution in [0.15, 0.2) is 54.6 Å². The lowest BCUT2D eigenvalue weighted by Gasteiger charge is -2.40. The van der Waals surface area contributed by atoms with Gasteiger partial charge >= 0.3 is 0 Å². The highest BCUT2D eigenvalue weighted by Gasteiger charge is 2.45. The van der Waals surface area contributed by atoms with Crippen LogP contribution in [0.4, 0.5) is 0 Å². The van der Waals surface area contributed by atoms with E-state index in [0.29, 0.717) is 13.0 Å². The quantitative estimate of drug-likeness (QED) is 0.799. The number of nitrogens with zero attached hydrogens (tertiary/aromatic N) is 2. The van der Waals surface area contributed by atoms with Gasteiger partial charge in [-0.3, -0.25) is 9.59 Å². The smallest absolute Gasteiger partial charge is 0.240 e. The number of hydrogen-bond acceptors (Lipinski definition) is 3. The molecule has 31 heavy (non-hydrogen) atoms. The first-order valence-electron chi connectivity index (χ1n) is 11.0. The Hall–Kier alpha value is -2.37. The average Bonchev–Trinajstić information content (AvgIpc) is 3.08. The van der Waals surface area contributed by atoms with Gasteiger partial charge in [0.2, 0.25) is 11.8 Å². The number of carbonyl (C=O) groups excluding carboxylic acids is 2. The van der Waals surface area contributed by atoms with Crippen LogP contribution in [0.5, 0.6) is 0 Å². The molecule has 2 aromatic rings. The standard InChI is InChI=1S/C25H29N3O2.ClH/c29-23-15-25(18-28(23)17-19-6-2-1-3-7-19)10-12-27(13-11-25)24(30)22-14-20-8-4-5-9-21(20)16-26-22;/h1-9,22,26H,10-18H2;1H/t22-;/m1./s1. The SMILES string of the molecule is Cl.O=C1CC2(CCN(C(=O)[C@H]3Cc4ccccc4CN3)CC2)CN1Cc1ccccc1. The number of likely N-dealkylation sites (tertiary alicyclic amines) is 2. The number of rotatable bonds is 3. The Bertz CT molecular complexity index is 941. The van der Waals surface area contributed by atoms with Crippen LogP contribution in [-0.2, 0) is 29.1 Å². The molecule has 5 nitrogen and oxygen atoms in total. The van der Waals surface area contributed by atoms with Gasteiger partial charge in [-0.15, -0.1) is 12.4 Å².